The van der Waals surface area contributed by atoms with E-state index < -0.39 is 0 Å². The molecule has 0 unspecified atom stereocenters. The van der Waals surface area contributed by atoms with Crippen molar-refractivity contribution >= 4 is 0 Å². The van der Waals surface area contributed by atoms with Gasteiger partial charge in [0.1, 0.15) is 0 Å². The fourth-order valence-electron chi connectivity index (χ4n) is 5.57. The molecule has 0 aromatic carbocycles. The van der Waals surface area contributed by atoms with Gasteiger partial charge in [0.25, 0.3) is 0 Å². The van der Waals surface area contributed by atoms with Crippen LogP contribution in [-0.4, -0.2) is 12.2 Å². The lowest BCUT2D eigenvalue weighted by atomic mass is 9.57. The molecule has 24 heavy (non-hydrogen) atoms. The Morgan fingerprint density at radius 3 is 1.58 bits per heavy atom. The van der Waals surface area contributed by atoms with Crippen LogP contribution in [0.2, 0.25) is 0 Å². The predicted octanol–water partition coefficient (Wildman–Crippen LogP) is 7.24. The molecule has 0 N–H and O–H groups in total. The molecule has 0 heterocycles. The second kappa shape index (κ2) is 8.11. The molecule has 1 heteroatoms. The summed E-state index contributed by atoms with van der Waals surface area (Å²) in [6.07, 6.45) is 13.4. The van der Waals surface area contributed by atoms with Gasteiger partial charge in [-0.05, 0) is 93.8 Å². The highest BCUT2D eigenvalue weighted by Crippen LogP contribution is 2.51. The van der Waals surface area contributed by atoms with Gasteiger partial charge in [0.05, 0.1) is 12.2 Å². The van der Waals surface area contributed by atoms with Gasteiger partial charge in [-0.25, -0.2) is 0 Å². The van der Waals surface area contributed by atoms with Crippen LogP contribution in [0.15, 0.2) is 0 Å². The summed E-state index contributed by atoms with van der Waals surface area (Å²) in [6, 6.07) is 0. The van der Waals surface area contributed by atoms with E-state index >= 15 is 0 Å². The zero-order valence-electron chi connectivity index (χ0n) is 17.7. The van der Waals surface area contributed by atoms with E-state index in [1.165, 1.54) is 57.8 Å². The van der Waals surface area contributed by atoms with E-state index in [1.54, 1.807) is 0 Å². The Hall–Kier alpha value is -0.0400. The molecule has 2 rings (SSSR count). The Kier molecular flexibility index (Phi) is 6.85. The van der Waals surface area contributed by atoms with Crippen molar-refractivity contribution in [2.45, 2.75) is 118 Å². The fourth-order valence-corrected chi connectivity index (χ4v) is 5.57. The summed E-state index contributed by atoms with van der Waals surface area (Å²) in [4.78, 5) is 0. The fraction of sp³-hybridized carbons (Fsp3) is 1.00. The minimum Gasteiger partial charge on any atom is -0.376 e. The van der Waals surface area contributed by atoms with Crippen LogP contribution in [0.1, 0.15) is 106 Å². The Balaban J connectivity index is 1.86. The summed E-state index contributed by atoms with van der Waals surface area (Å²) in [5.41, 5.74) is 1.06. The van der Waals surface area contributed by atoms with E-state index in [2.05, 4.69) is 48.5 Å². The highest BCUT2D eigenvalue weighted by atomic mass is 16.5. The van der Waals surface area contributed by atoms with Gasteiger partial charge >= 0.3 is 0 Å². The molecule has 1 nitrogen and oxygen atoms in total. The normalized spacial score (nSPS) is 33.0. The molecule has 0 aliphatic heterocycles. The van der Waals surface area contributed by atoms with Crippen molar-refractivity contribution in [3.05, 3.63) is 0 Å². The number of rotatable bonds is 6. The lowest BCUT2D eigenvalue weighted by Gasteiger charge is -2.48. The number of hydrogen-bond acceptors (Lipinski definition) is 1. The van der Waals surface area contributed by atoms with Crippen molar-refractivity contribution in [2.24, 2.45) is 28.6 Å². The van der Waals surface area contributed by atoms with E-state index in [-0.39, 0.29) is 0 Å². The van der Waals surface area contributed by atoms with E-state index in [4.69, 9.17) is 4.74 Å². The average Bonchev–Trinajstić information content (AvgIpc) is 2.55. The Morgan fingerprint density at radius 2 is 1.17 bits per heavy atom. The molecule has 0 saturated heterocycles. The molecule has 142 valence electrons. The zero-order valence-corrected chi connectivity index (χ0v) is 17.7. The van der Waals surface area contributed by atoms with Crippen molar-refractivity contribution in [1.82, 2.24) is 0 Å². The lowest BCUT2D eigenvalue weighted by Crippen LogP contribution is -2.39. The van der Waals surface area contributed by atoms with Gasteiger partial charge in [0.15, 0.2) is 0 Å². The molecule has 2 aliphatic carbocycles. The first-order valence-electron chi connectivity index (χ1n) is 10.8. The maximum atomic E-state index is 6.06. The molecule has 0 aromatic heterocycles. The number of ether oxygens (including phenoxy) is 1. The Morgan fingerprint density at radius 1 is 0.750 bits per heavy atom. The number of hydrogen-bond donors (Lipinski definition) is 0. The van der Waals surface area contributed by atoms with Crippen LogP contribution in [-0.2, 0) is 4.74 Å². The monoisotopic (exact) mass is 336 g/mol. The van der Waals surface area contributed by atoms with Crippen molar-refractivity contribution in [1.29, 1.82) is 0 Å². The summed E-state index contributed by atoms with van der Waals surface area (Å²) < 4.78 is 6.06. The van der Waals surface area contributed by atoms with E-state index in [0.29, 0.717) is 23.0 Å². The first-order valence-corrected chi connectivity index (χ1v) is 10.8. The Labute approximate surface area is 152 Å². The summed E-state index contributed by atoms with van der Waals surface area (Å²) in [5.74, 6) is 2.80. The third-order valence-electron chi connectivity index (χ3n) is 7.99. The smallest absolute Gasteiger partial charge is 0.0578 e. The molecule has 0 bridgehead atoms. The maximum Gasteiger partial charge on any atom is 0.0578 e. The molecule has 0 aromatic rings. The van der Waals surface area contributed by atoms with Crippen LogP contribution >= 0.6 is 0 Å². The van der Waals surface area contributed by atoms with Gasteiger partial charge in [-0.15, -0.1) is 0 Å². The summed E-state index contributed by atoms with van der Waals surface area (Å²) >= 11 is 0. The van der Waals surface area contributed by atoms with E-state index in [1.807, 2.05) is 0 Å². The quantitative estimate of drug-likeness (QED) is 0.496. The minimum absolute atomic E-state index is 0.386. The Bertz CT molecular complexity index is 365. The molecule has 0 amide bonds. The third-order valence-corrected chi connectivity index (χ3v) is 7.99. The summed E-state index contributed by atoms with van der Waals surface area (Å²) in [6.45, 7) is 16.8. The van der Waals surface area contributed by atoms with Crippen LogP contribution in [0.5, 0.6) is 0 Å². The standard InChI is InChI=1S/C23H44O/c1-8-22(4,5)18-9-11-19(12-10-18)23(6,7)20-13-15-21(16-14-20)24-17(2)3/h17-21H,8-16H2,1-7H3. The topological polar surface area (TPSA) is 9.23 Å². The summed E-state index contributed by atoms with van der Waals surface area (Å²) in [7, 11) is 0. The maximum absolute atomic E-state index is 6.06. The molecule has 0 atom stereocenters. The average molecular weight is 337 g/mol. The minimum atomic E-state index is 0.386. The first-order chi connectivity index (χ1) is 11.2. The molecule has 2 fully saturated rings. The lowest BCUT2D eigenvalue weighted by molar-refractivity contribution is -0.0442. The van der Waals surface area contributed by atoms with Gasteiger partial charge in [0.2, 0.25) is 0 Å². The highest BCUT2D eigenvalue weighted by Gasteiger charge is 2.42. The first kappa shape index (κ1) is 20.3. The van der Waals surface area contributed by atoms with Gasteiger partial charge in [-0.2, -0.15) is 0 Å². The molecular formula is C23H44O. The molecular weight excluding hydrogens is 292 g/mol. The molecule has 2 aliphatic rings. The SMILES string of the molecule is CCC(C)(C)C1CCC(C(C)(C)C2CCC(OC(C)C)CC2)CC1. The largest absolute Gasteiger partial charge is 0.376 e. The second-order valence-electron chi connectivity index (χ2n) is 10.4. The van der Waals surface area contributed by atoms with Gasteiger partial charge in [0, 0.05) is 0 Å². The van der Waals surface area contributed by atoms with Crippen molar-refractivity contribution < 1.29 is 4.74 Å². The van der Waals surface area contributed by atoms with Crippen LogP contribution in [0.25, 0.3) is 0 Å². The van der Waals surface area contributed by atoms with E-state index in [9.17, 15) is 0 Å². The highest BCUT2D eigenvalue weighted by molar-refractivity contribution is 4.92. The zero-order chi connectivity index (χ0) is 18.0. The van der Waals surface area contributed by atoms with Crippen LogP contribution in [0.4, 0.5) is 0 Å². The molecule has 2 saturated carbocycles. The van der Waals surface area contributed by atoms with Crippen molar-refractivity contribution in [3.63, 3.8) is 0 Å². The van der Waals surface area contributed by atoms with Gasteiger partial charge in [-0.3, -0.25) is 0 Å². The van der Waals surface area contributed by atoms with Crippen molar-refractivity contribution in [2.75, 3.05) is 0 Å². The second-order valence-corrected chi connectivity index (χ2v) is 10.4. The van der Waals surface area contributed by atoms with E-state index in [0.717, 1.165) is 17.8 Å². The summed E-state index contributed by atoms with van der Waals surface area (Å²) in [5, 5.41) is 0. The van der Waals surface area contributed by atoms with Crippen molar-refractivity contribution in [3.8, 4) is 0 Å². The molecule has 0 radical (unpaired) electrons. The van der Waals surface area contributed by atoms with Gasteiger partial charge in [-0.1, -0.05) is 41.0 Å². The molecule has 0 spiro atoms. The third kappa shape index (κ3) is 4.77. The predicted molar refractivity (Wildman–Crippen MR) is 105 cm³/mol. The van der Waals surface area contributed by atoms with Crippen LogP contribution in [0.3, 0.4) is 0 Å². The van der Waals surface area contributed by atoms with Crippen LogP contribution < -0.4 is 0 Å². The van der Waals surface area contributed by atoms with Gasteiger partial charge < -0.3 is 4.74 Å². The van der Waals surface area contributed by atoms with Crippen LogP contribution in [0, 0.1) is 28.6 Å².